The van der Waals surface area contributed by atoms with E-state index in [0.29, 0.717) is 23.6 Å². The van der Waals surface area contributed by atoms with Crippen LogP contribution in [0.3, 0.4) is 0 Å². The third-order valence-electron chi connectivity index (χ3n) is 3.95. The molecule has 0 aliphatic heterocycles. The molecule has 5 heteroatoms. The van der Waals surface area contributed by atoms with E-state index in [-0.39, 0.29) is 5.91 Å². The second-order valence-corrected chi connectivity index (χ2v) is 5.64. The van der Waals surface area contributed by atoms with Gasteiger partial charge in [-0.3, -0.25) is 9.59 Å². The fourth-order valence-corrected chi connectivity index (χ4v) is 2.88. The first kappa shape index (κ1) is 14.9. The number of aliphatic carboxylic acids is 1. The van der Waals surface area contributed by atoms with E-state index >= 15 is 0 Å². The number of carboxylic acid groups (broad SMARTS) is 1. The third-order valence-corrected chi connectivity index (χ3v) is 4.35. The van der Waals surface area contributed by atoms with Gasteiger partial charge in [0, 0.05) is 10.7 Å². The Labute approximate surface area is 123 Å². The number of hydrogen-bond donors (Lipinski definition) is 2. The van der Waals surface area contributed by atoms with Crippen LogP contribution < -0.4 is 5.32 Å². The van der Waals surface area contributed by atoms with Crippen LogP contribution in [0.15, 0.2) is 18.2 Å². The molecule has 2 unspecified atom stereocenters. The summed E-state index contributed by atoms with van der Waals surface area (Å²) in [5, 5.41) is 12.6. The number of nitrogens with one attached hydrogen (secondary N) is 1. The molecule has 0 spiro atoms. The van der Waals surface area contributed by atoms with Gasteiger partial charge in [0.2, 0.25) is 5.91 Å². The molecule has 1 aromatic rings. The number of rotatable bonds is 3. The van der Waals surface area contributed by atoms with E-state index in [1.807, 2.05) is 6.92 Å². The van der Waals surface area contributed by atoms with Crippen LogP contribution in [0.2, 0.25) is 5.02 Å². The SMILES string of the molecule is Cc1c(Cl)cccc1NC(=O)C1CCCCC1C(=O)O. The fourth-order valence-electron chi connectivity index (χ4n) is 2.71. The lowest BCUT2D eigenvalue weighted by Gasteiger charge is -2.27. The van der Waals surface area contributed by atoms with Crippen LogP contribution in [0, 0.1) is 18.8 Å². The summed E-state index contributed by atoms with van der Waals surface area (Å²) in [6.45, 7) is 1.83. The van der Waals surface area contributed by atoms with Crippen molar-refractivity contribution in [1.29, 1.82) is 0 Å². The lowest BCUT2D eigenvalue weighted by atomic mass is 9.78. The van der Waals surface area contributed by atoms with Crippen molar-refractivity contribution in [1.82, 2.24) is 0 Å². The molecule has 1 aliphatic rings. The number of amides is 1. The maximum Gasteiger partial charge on any atom is 0.307 e. The van der Waals surface area contributed by atoms with Crippen molar-refractivity contribution in [2.45, 2.75) is 32.6 Å². The van der Waals surface area contributed by atoms with E-state index < -0.39 is 17.8 Å². The Morgan fingerprint density at radius 1 is 1.25 bits per heavy atom. The maximum absolute atomic E-state index is 12.3. The minimum Gasteiger partial charge on any atom is -0.481 e. The van der Waals surface area contributed by atoms with Gasteiger partial charge in [0.15, 0.2) is 0 Å². The molecule has 0 saturated heterocycles. The Hall–Kier alpha value is -1.55. The number of carboxylic acids is 1. The van der Waals surface area contributed by atoms with Gasteiger partial charge in [0.1, 0.15) is 0 Å². The molecule has 1 fully saturated rings. The number of benzene rings is 1. The Bertz CT molecular complexity index is 530. The molecule has 0 radical (unpaired) electrons. The highest BCUT2D eigenvalue weighted by Gasteiger charge is 2.35. The number of anilines is 1. The quantitative estimate of drug-likeness (QED) is 0.897. The average molecular weight is 296 g/mol. The van der Waals surface area contributed by atoms with Gasteiger partial charge in [-0.1, -0.05) is 30.5 Å². The molecule has 0 aromatic heterocycles. The molecule has 2 atom stereocenters. The van der Waals surface area contributed by atoms with Crippen molar-refractivity contribution < 1.29 is 14.7 Å². The first-order chi connectivity index (χ1) is 9.50. The van der Waals surface area contributed by atoms with Gasteiger partial charge in [-0.15, -0.1) is 0 Å². The zero-order valence-electron chi connectivity index (χ0n) is 11.4. The molecule has 2 N–H and O–H groups in total. The minimum absolute atomic E-state index is 0.220. The predicted molar refractivity (Wildman–Crippen MR) is 77.9 cm³/mol. The van der Waals surface area contributed by atoms with E-state index in [0.717, 1.165) is 18.4 Å². The number of hydrogen-bond acceptors (Lipinski definition) is 2. The van der Waals surface area contributed by atoms with Crippen LogP contribution in [-0.2, 0) is 9.59 Å². The molecular formula is C15H18ClNO3. The molecule has 4 nitrogen and oxygen atoms in total. The highest BCUT2D eigenvalue weighted by Crippen LogP contribution is 2.32. The van der Waals surface area contributed by atoms with Crippen molar-refractivity contribution in [3.05, 3.63) is 28.8 Å². The molecule has 1 aliphatic carbocycles. The van der Waals surface area contributed by atoms with Crippen LogP contribution in [-0.4, -0.2) is 17.0 Å². The van der Waals surface area contributed by atoms with Gasteiger partial charge < -0.3 is 10.4 Å². The molecule has 1 saturated carbocycles. The topological polar surface area (TPSA) is 66.4 Å². The standard InChI is InChI=1S/C15H18ClNO3/c1-9-12(16)7-4-8-13(9)17-14(18)10-5-2-3-6-11(10)15(19)20/h4,7-8,10-11H,2-3,5-6H2,1H3,(H,17,18)(H,19,20). The Kier molecular flexibility index (Phi) is 4.65. The minimum atomic E-state index is -0.882. The van der Waals surface area contributed by atoms with Crippen molar-refractivity contribution in [3.63, 3.8) is 0 Å². The number of carbonyl (C=O) groups is 2. The maximum atomic E-state index is 12.3. The van der Waals surface area contributed by atoms with Gasteiger partial charge >= 0.3 is 5.97 Å². The van der Waals surface area contributed by atoms with Crippen molar-refractivity contribution in [3.8, 4) is 0 Å². The predicted octanol–water partition coefficient (Wildman–Crippen LogP) is 3.48. The Morgan fingerprint density at radius 3 is 2.55 bits per heavy atom. The summed E-state index contributed by atoms with van der Waals surface area (Å²) in [5.41, 5.74) is 1.45. The first-order valence-corrected chi connectivity index (χ1v) is 7.17. The van der Waals surface area contributed by atoms with Crippen LogP contribution >= 0.6 is 11.6 Å². The largest absolute Gasteiger partial charge is 0.481 e. The molecular weight excluding hydrogens is 278 g/mol. The monoisotopic (exact) mass is 295 g/mol. The average Bonchev–Trinajstić information content (AvgIpc) is 2.43. The Morgan fingerprint density at radius 2 is 1.90 bits per heavy atom. The van der Waals surface area contributed by atoms with Gasteiger partial charge in [-0.25, -0.2) is 0 Å². The summed E-state index contributed by atoms with van der Waals surface area (Å²) < 4.78 is 0. The number of halogens is 1. The van der Waals surface area contributed by atoms with Crippen LogP contribution in [0.5, 0.6) is 0 Å². The van der Waals surface area contributed by atoms with E-state index in [1.54, 1.807) is 18.2 Å². The summed E-state index contributed by atoms with van der Waals surface area (Å²) in [6.07, 6.45) is 2.97. The van der Waals surface area contributed by atoms with Gasteiger partial charge in [-0.2, -0.15) is 0 Å². The molecule has 20 heavy (non-hydrogen) atoms. The van der Waals surface area contributed by atoms with Gasteiger partial charge in [-0.05, 0) is 37.5 Å². The van der Waals surface area contributed by atoms with Gasteiger partial charge in [0.25, 0.3) is 0 Å². The van der Waals surface area contributed by atoms with Crippen LogP contribution in [0.4, 0.5) is 5.69 Å². The lowest BCUT2D eigenvalue weighted by Crippen LogP contribution is -2.36. The zero-order chi connectivity index (χ0) is 14.7. The van der Waals surface area contributed by atoms with E-state index in [2.05, 4.69) is 5.32 Å². The zero-order valence-corrected chi connectivity index (χ0v) is 12.1. The normalized spacial score (nSPS) is 22.3. The van der Waals surface area contributed by atoms with Crippen molar-refractivity contribution >= 4 is 29.2 Å². The highest BCUT2D eigenvalue weighted by molar-refractivity contribution is 6.31. The van der Waals surface area contributed by atoms with Gasteiger partial charge in [0.05, 0.1) is 11.8 Å². The molecule has 1 amide bonds. The first-order valence-electron chi connectivity index (χ1n) is 6.79. The summed E-state index contributed by atoms with van der Waals surface area (Å²) in [6, 6.07) is 5.30. The second-order valence-electron chi connectivity index (χ2n) is 5.24. The van der Waals surface area contributed by atoms with E-state index in [9.17, 15) is 14.7 Å². The van der Waals surface area contributed by atoms with E-state index in [4.69, 9.17) is 11.6 Å². The lowest BCUT2D eigenvalue weighted by molar-refractivity contribution is -0.147. The van der Waals surface area contributed by atoms with Crippen molar-refractivity contribution in [2.24, 2.45) is 11.8 Å². The summed E-state index contributed by atoms with van der Waals surface area (Å²) in [5.74, 6) is -2.14. The number of carbonyl (C=O) groups excluding carboxylic acids is 1. The molecule has 108 valence electrons. The third kappa shape index (κ3) is 3.12. The molecule has 0 heterocycles. The highest BCUT2D eigenvalue weighted by atomic mass is 35.5. The fraction of sp³-hybridized carbons (Fsp3) is 0.467. The van der Waals surface area contributed by atoms with Crippen molar-refractivity contribution in [2.75, 3.05) is 5.32 Å². The molecule has 0 bridgehead atoms. The van der Waals surface area contributed by atoms with E-state index in [1.165, 1.54) is 0 Å². The van der Waals surface area contributed by atoms with Crippen LogP contribution in [0.1, 0.15) is 31.2 Å². The van der Waals surface area contributed by atoms with Crippen LogP contribution in [0.25, 0.3) is 0 Å². The molecule has 1 aromatic carbocycles. The summed E-state index contributed by atoms with van der Waals surface area (Å²) in [4.78, 5) is 23.6. The summed E-state index contributed by atoms with van der Waals surface area (Å²) in [7, 11) is 0. The molecule has 2 rings (SSSR count). The Balaban J connectivity index is 2.14. The second kappa shape index (κ2) is 6.27. The smallest absolute Gasteiger partial charge is 0.307 e. The summed E-state index contributed by atoms with van der Waals surface area (Å²) >= 11 is 6.02.